The summed E-state index contributed by atoms with van der Waals surface area (Å²) in [5.41, 5.74) is 2.27. The van der Waals surface area contributed by atoms with E-state index in [4.69, 9.17) is 11.6 Å². The van der Waals surface area contributed by atoms with E-state index >= 15 is 0 Å². The number of carbonyl (C=O) groups is 1. The molecule has 36 heavy (non-hydrogen) atoms. The van der Waals surface area contributed by atoms with E-state index in [0.29, 0.717) is 47.7 Å². The van der Waals surface area contributed by atoms with E-state index in [2.05, 4.69) is 4.90 Å². The van der Waals surface area contributed by atoms with Gasteiger partial charge in [-0.15, -0.1) is 0 Å². The minimum Gasteiger partial charge on any atom is -0.368 e. The van der Waals surface area contributed by atoms with E-state index in [-0.39, 0.29) is 28.9 Å². The van der Waals surface area contributed by atoms with E-state index in [1.54, 1.807) is 64.2 Å². The van der Waals surface area contributed by atoms with Gasteiger partial charge in [0.1, 0.15) is 12.4 Å². The molecule has 0 bridgehead atoms. The Morgan fingerprint density at radius 3 is 2.25 bits per heavy atom. The lowest BCUT2D eigenvalue weighted by Crippen LogP contribution is -2.49. The predicted octanol–water partition coefficient (Wildman–Crippen LogP) is 4.76. The molecule has 1 amide bonds. The van der Waals surface area contributed by atoms with Crippen LogP contribution in [0.1, 0.15) is 5.56 Å². The first-order valence-corrected chi connectivity index (χ1v) is 13.7. The van der Waals surface area contributed by atoms with E-state index in [0.717, 1.165) is 5.69 Å². The van der Waals surface area contributed by atoms with Crippen molar-refractivity contribution in [2.45, 2.75) is 17.2 Å². The number of amides is 1. The third-order valence-corrected chi connectivity index (χ3v) is 8.45. The number of sulfone groups is 1. The number of rotatable bonds is 6. The summed E-state index contributed by atoms with van der Waals surface area (Å²) >= 11 is 5.93. The topological polar surface area (TPSA) is 62.6 Å². The number of hydrogen-bond acceptors (Lipinski definition) is 4. The van der Waals surface area contributed by atoms with Gasteiger partial charge < -0.3 is 14.4 Å². The lowest BCUT2D eigenvalue weighted by molar-refractivity contribution is -0.132. The summed E-state index contributed by atoms with van der Waals surface area (Å²) in [6.07, 6.45) is 1.57. The Morgan fingerprint density at radius 2 is 1.56 bits per heavy atom. The lowest BCUT2D eigenvalue weighted by Gasteiger charge is -2.36. The number of para-hydroxylation sites is 1. The molecule has 9 heteroatoms. The molecule has 0 unspecified atom stereocenters. The van der Waals surface area contributed by atoms with Gasteiger partial charge in [-0.1, -0.05) is 41.9 Å². The largest absolute Gasteiger partial charge is 0.368 e. The third kappa shape index (κ3) is 5.10. The zero-order valence-electron chi connectivity index (χ0n) is 19.5. The van der Waals surface area contributed by atoms with Crippen LogP contribution in [0.3, 0.4) is 0 Å². The van der Waals surface area contributed by atoms with Gasteiger partial charge in [-0.2, -0.15) is 0 Å². The standard InChI is InChI=1S/C27H25ClFN3O3S/c28-21-7-5-20(6-8-21)19-36(34,35)26-17-32(25-4-2-1-3-24(25)26)18-27(33)31-15-13-30(14-16-31)23-11-9-22(29)10-12-23/h1-12,17H,13-16,18-19H2. The maximum absolute atomic E-state index is 13.3. The molecule has 0 N–H and O–H groups in total. The predicted molar refractivity (Wildman–Crippen MR) is 139 cm³/mol. The fourth-order valence-corrected chi connectivity index (χ4v) is 6.29. The second-order valence-electron chi connectivity index (χ2n) is 8.87. The van der Waals surface area contributed by atoms with Crippen LogP contribution in [0, 0.1) is 5.82 Å². The lowest BCUT2D eigenvalue weighted by atomic mass is 10.2. The van der Waals surface area contributed by atoms with Gasteiger partial charge in [0, 0.05) is 54.0 Å². The van der Waals surface area contributed by atoms with Gasteiger partial charge in [0.25, 0.3) is 0 Å². The minimum atomic E-state index is -3.66. The van der Waals surface area contributed by atoms with Crippen LogP contribution < -0.4 is 4.90 Å². The molecule has 186 valence electrons. The van der Waals surface area contributed by atoms with E-state index in [9.17, 15) is 17.6 Å². The first-order chi connectivity index (χ1) is 17.3. The molecule has 0 saturated carbocycles. The van der Waals surface area contributed by atoms with Crippen LogP contribution in [0.5, 0.6) is 0 Å². The van der Waals surface area contributed by atoms with Gasteiger partial charge >= 0.3 is 0 Å². The fourth-order valence-electron chi connectivity index (χ4n) is 4.58. The van der Waals surface area contributed by atoms with Crippen molar-refractivity contribution in [2.75, 3.05) is 31.1 Å². The van der Waals surface area contributed by atoms with Crippen molar-refractivity contribution in [2.24, 2.45) is 0 Å². The summed E-state index contributed by atoms with van der Waals surface area (Å²) in [5.74, 6) is -0.505. The molecule has 2 heterocycles. The number of hydrogen-bond donors (Lipinski definition) is 0. The maximum atomic E-state index is 13.3. The highest BCUT2D eigenvalue weighted by molar-refractivity contribution is 7.90. The first kappa shape index (κ1) is 24.3. The Hall–Kier alpha value is -3.36. The Kier molecular flexibility index (Phi) is 6.73. The molecule has 1 fully saturated rings. The Morgan fingerprint density at radius 1 is 0.889 bits per heavy atom. The average Bonchev–Trinajstić information content (AvgIpc) is 3.25. The number of aromatic nitrogens is 1. The average molecular weight is 526 g/mol. The van der Waals surface area contributed by atoms with Crippen molar-refractivity contribution in [1.82, 2.24) is 9.47 Å². The molecule has 3 aromatic carbocycles. The van der Waals surface area contributed by atoms with Crippen LogP contribution in [0.2, 0.25) is 5.02 Å². The van der Waals surface area contributed by atoms with Crippen molar-refractivity contribution in [1.29, 1.82) is 0 Å². The molecule has 1 saturated heterocycles. The van der Waals surface area contributed by atoms with Gasteiger partial charge in [-0.25, -0.2) is 12.8 Å². The van der Waals surface area contributed by atoms with Gasteiger partial charge in [0.15, 0.2) is 9.84 Å². The second kappa shape index (κ2) is 9.95. The Bertz CT molecular complexity index is 1490. The molecule has 1 aliphatic heterocycles. The molecule has 0 radical (unpaired) electrons. The normalized spacial score (nSPS) is 14.4. The number of nitrogens with zero attached hydrogens (tertiary/aromatic N) is 3. The van der Waals surface area contributed by atoms with Gasteiger partial charge in [-0.3, -0.25) is 4.79 Å². The van der Waals surface area contributed by atoms with E-state index < -0.39 is 9.84 Å². The third-order valence-electron chi connectivity index (χ3n) is 6.49. The maximum Gasteiger partial charge on any atom is 0.242 e. The zero-order chi connectivity index (χ0) is 25.3. The Labute approximate surface area is 214 Å². The summed E-state index contributed by atoms with van der Waals surface area (Å²) in [6.45, 7) is 2.41. The number of piperazine rings is 1. The smallest absolute Gasteiger partial charge is 0.242 e. The van der Waals surface area contributed by atoms with Crippen molar-refractivity contribution < 1.29 is 17.6 Å². The SMILES string of the molecule is O=C(Cn1cc(S(=O)(=O)Cc2ccc(Cl)cc2)c2ccccc21)N1CCN(c2ccc(F)cc2)CC1. The number of fused-ring (bicyclic) bond motifs is 1. The minimum absolute atomic E-state index is 0.0491. The summed E-state index contributed by atoms with van der Waals surface area (Å²) in [4.78, 5) is 17.3. The van der Waals surface area contributed by atoms with Crippen molar-refractivity contribution in [3.8, 4) is 0 Å². The van der Waals surface area contributed by atoms with Crippen molar-refractivity contribution in [3.63, 3.8) is 0 Å². The molecule has 0 spiro atoms. The highest BCUT2D eigenvalue weighted by Gasteiger charge is 2.25. The summed E-state index contributed by atoms with van der Waals surface area (Å²) < 4.78 is 41.6. The molecule has 1 aliphatic rings. The van der Waals surface area contributed by atoms with Gasteiger partial charge in [-0.05, 0) is 48.0 Å². The molecule has 1 aromatic heterocycles. The molecule has 0 aliphatic carbocycles. The van der Waals surface area contributed by atoms with Gasteiger partial charge in [0.2, 0.25) is 5.91 Å². The van der Waals surface area contributed by atoms with Gasteiger partial charge in [0.05, 0.1) is 10.6 Å². The van der Waals surface area contributed by atoms with Crippen molar-refractivity contribution >= 4 is 43.9 Å². The van der Waals surface area contributed by atoms with Crippen LogP contribution in [0.25, 0.3) is 10.9 Å². The highest BCUT2D eigenvalue weighted by atomic mass is 35.5. The van der Waals surface area contributed by atoms with Crippen LogP contribution in [0.4, 0.5) is 10.1 Å². The summed E-state index contributed by atoms with van der Waals surface area (Å²) in [7, 11) is -3.66. The monoisotopic (exact) mass is 525 g/mol. The quantitative estimate of drug-likeness (QED) is 0.364. The molecule has 4 aromatic rings. The van der Waals surface area contributed by atoms with Crippen LogP contribution in [0.15, 0.2) is 83.9 Å². The van der Waals surface area contributed by atoms with E-state index in [1.807, 2.05) is 12.1 Å². The molecular formula is C27H25ClFN3O3S. The highest BCUT2D eigenvalue weighted by Crippen LogP contribution is 2.28. The van der Waals surface area contributed by atoms with E-state index in [1.165, 1.54) is 12.1 Å². The molecule has 5 rings (SSSR count). The summed E-state index contributed by atoms with van der Waals surface area (Å²) in [6, 6.07) is 20.3. The zero-order valence-corrected chi connectivity index (χ0v) is 21.1. The fraction of sp³-hybridized carbons (Fsp3) is 0.222. The molecular weight excluding hydrogens is 501 g/mol. The summed E-state index contributed by atoms with van der Waals surface area (Å²) in [5, 5.41) is 1.14. The Balaban J connectivity index is 1.32. The number of carbonyl (C=O) groups excluding carboxylic acids is 1. The molecule has 0 atom stereocenters. The number of benzene rings is 3. The van der Waals surface area contributed by atoms with Crippen LogP contribution >= 0.6 is 11.6 Å². The van der Waals surface area contributed by atoms with Crippen LogP contribution in [-0.4, -0.2) is 50.0 Å². The number of halogens is 2. The van der Waals surface area contributed by atoms with Crippen molar-refractivity contribution in [3.05, 3.63) is 95.4 Å². The van der Waals surface area contributed by atoms with Crippen LogP contribution in [-0.2, 0) is 26.9 Å². The molecule has 6 nitrogen and oxygen atoms in total. The first-order valence-electron chi connectivity index (χ1n) is 11.6. The number of anilines is 1. The second-order valence-corrected chi connectivity index (χ2v) is 11.3.